The first-order chi connectivity index (χ1) is 7.64. The topological polar surface area (TPSA) is 79.9 Å². The van der Waals surface area contributed by atoms with E-state index in [0.717, 1.165) is 25.9 Å². The number of nitrogens with one attached hydrogen (secondary N) is 1. The largest absolute Gasteiger partial charge is 0.317 e. The Hall–Kier alpha value is -1.59. The number of nitrogens with zero attached hydrogens (tertiary/aromatic N) is 3. The minimum absolute atomic E-state index is 0.00455. The lowest BCUT2D eigenvalue weighted by Gasteiger charge is -2.35. The Morgan fingerprint density at radius 2 is 1.81 bits per heavy atom. The van der Waals surface area contributed by atoms with Gasteiger partial charge < -0.3 is 10.2 Å². The Bertz CT molecular complexity index is 317. The molecule has 0 saturated carbocycles. The van der Waals surface area contributed by atoms with Gasteiger partial charge in [-0.2, -0.15) is 10.5 Å². The molecule has 0 radical (unpaired) electrons. The number of amides is 1. The van der Waals surface area contributed by atoms with Crippen molar-refractivity contribution in [2.75, 3.05) is 26.2 Å². The van der Waals surface area contributed by atoms with E-state index in [0.29, 0.717) is 0 Å². The van der Waals surface area contributed by atoms with Crippen LogP contribution in [0.25, 0.3) is 0 Å². The van der Waals surface area contributed by atoms with Crippen LogP contribution >= 0.6 is 0 Å². The van der Waals surface area contributed by atoms with Crippen molar-refractivity contribution in [3.63, 3.8) is 0 Å². The van der Waals surface area contributed by atoms with Gasteiger partial charge in [0.1, 0.15) is 13.1 Å². The van der Waals surface area contributed by atoms with Crippen molar-refractivity contribution in [2.45, 2.75) is 19.8 Å². The Balaban J connectivity index is 2.73. The first-order valence-corrected chi connectivity index (χ1v) is 5.38. The molecule has 1 fully saturated rings. The van der Waals surface area contributed by atoms with Gasteiger partial charge in [0.2, 0.25) is 5.91 Å². The van der Waals surface area contributed by atoms with Gasteiger partial charge in [0.15, 0.2) is 0 Å². The van der Waals surface area contributed by atoms with Crippen LogP contribution in [0.3, 0.4) is 0 Å². The molecule has 1 aliphatic rings. The highest BCUT2D eigenvalue weighted by Gasteiger charge is 2.37. The summed E-state index contributed by atoms with van der Waals surface area (Å²) >= 11 is 0. The summed E-state index contributed by atoms with van der Waals surface area (Å²) in [7, 11) is 0. The SMILES string of the molecule is CC1(C(=O)N(CC#N)CC#N)CCNCC1. The Morgan fingerprint density at radius 3 is 2.25 bits per heavy atom. The maximum Gasteiger partial charge on any atom is 0.230 e. The summed E-state index contributed by atoms with van der Waals surface area (Å²) in [6.45, 7) is 3.53. The monoisotopic (exact) mass is 220 g/mol. The molecule has 0 aromatic heterocycles. The van der Waals surface area contributed by atoms with Gasteiger partial charge in [0.25, 0.3) is 0 Å². The number of carbonyl (C=O) groups excluding carboxylic acids is 1. The second-order valence-electron chi connectivity index (χ2n) is 4.29. The first kappa shape index (κ1) is 12.5. The molecule has 1 aliphatic heterocycles. The van der Waals surface area contributed by atoms with Crippen molar-refractivity contribution in [2.24, 2.45) is 5.41 Å². The average Bonchev–Trinajstić information content (AvgIpc) is 2.29. The van der Waals surface area contributed by atoms with Crippen LogP contribution in [0.1, 0.15) is 19.8 Å². The second kappa shape index (κ2) is 5.48. The minimum atomic E-state index is -0.418. The van der Waals surface area contributed by atoms with E-state index in [4.69, 9.17) is 10.5 Å². The summed E-state index contributed by atoms with van der Waals surface area (Å²) in [5.74, 6) is -0.0721. The van der Waals surface area contributed by atoms with E-state index in [9.17, 15) is 4.79 Å². The number of hydrogen-bond donors (Lipinski definition) is 1. The normalized spacial score (nSPS) is 18.2. The molecule has 1 rings (SSSR count). The summed E-state index contributed by atoms with van der Waals surface area (Å²) in [6, 6.07) is 3.86. The number of carbonyl (C=O) groups is 1. The van der Waals surface area contributed by atoms with Crippen molar-refractivity contribution in [3.05, 3.63) is 0 Å². The summed E-state index contributed by atoms with van der Waals surface area (Å²) in [6.07, 6.45) is 1.53. The highest BCUT2D eigenvalue weighted by molar-refractivity contribution is 5.83. The highest BCUT2D eigenvalue weighted by atomic mass is 16.2. The van der Waals surface area contributed by atoms with Gasteiger partial charge in [-0.15, -0.1) is 0 Å². The van der Waals surface area contributed by atoms with Crippen LogP contribution in [0, 0.1) is 28.1 Å². The summed E-state index contributed by atoms with van der Waals surface area (Å²) in [5.41, 5.74) is -0.418. The summed E-state index contributed by atoms with van der Waals surface area (Å²) in [4.78, 5) is 13.5. The molecule has 86 valence electrons. The van der Waals surface area contributed by atoms with Crippen molar-refractivity contribution < 1.29 is 4.79 Å². The standard InChI is InChI=1S/C11H16N4O/c1-11(2-6-14-7-3-11)10(16)15(8-4-12)9-5-13/h14H,2-3,6-9H2,1H3. The van der Waals surface area contributed by atoms with E-state index in [1.54, 1.807) is 0 Å². The van der Waals surface area contributed by atoms with Gasteiger partial charge in [-0.1, -0.05) is 6.92 Å². The van der Waals surface area contributed by atoms with Gasteiger partial charge in [-0.05, 0) is 25.9 Å². The van der Waals surface area contributed by atoms with Gasteiger partial charge in [0, 0.05) is 5.41 Å². The molecule has 1 N–H and O–H groups in total. The average molecular weight is 220 g/mol. The lowest BCUT2D eigenvalue weighted by Crippen LogP contribution is -2.48. The molecule has 0 atom stereocenters. The van der Waals surface area contributed by atoms with Gasteiger partial charge >= 0.3 is 0 Å². The second-order valence-corrected chi connectivity index (χ2v) is 4.29. The zero-order valence-electron chi connectivity index (χ0n) is 9.49. The summed E-state index contributed by atoms with van der Waals surface area (Å²) < 4.78 is 0. The van der Waals surface area contributed by atoms with Crippen LogP contribution in [0.2, 0.25) is 0 Å². The molecule has 0 aliphatic carbocycles. The number of piperidine rings is 1. The zero-order chi connectivity index (χ0) is 12.0. The maximum absolute atomic E-state index is 12.2. The van der Waals surface area contributed by atoms with E-state index in [2.05, 4.69) is 5.32 Å². The van der Waals surface area contributed by atoms with Crippen LogP contribution in [0.15, 0.2) is 0 Å². The molecule has 0 spiro atoms. The Labute approximate surface area is 95.6 Å². The predicted molar refractivity (Wildman–Crippen MR) is 58.0 cm³/mol. The van der Waals surface area contributed by atoms with Crippen molar-refractivity contribution in [1.29, 1.82) is 10.5 Å². The fourth-order valence-electron chi connectivity index (χ4n) is 1.94. The van der Waals surface area contributed by atoms with Crippen molar-refractivity contribution in [1.82, 2.24) is 10.2 Å². The van der Waals surface area contributed by atoms with Crippen LogP contribution in [0.4, 0.5) is 0 Å². The van der Waals surface area contributed by atoms with Gasteiger partial charge in [0.05, 0.1) is 12.1 Å². The molecule has 1 amide bonds. The maximum atomic E-state index is 12.2. The third kappa shape index (κ3) is 2.71. The fourth-order valence-corrected chi connectivity index (χ4v) is 1.94. The van der Waals surface area contributed by atoms with E-state index >= 15 is 0 Å². The van der Waals surface area contributed by atoms with Gasteiger partial charge in [-0.3, -0.25) is 4.79 Å². The van der Waals surface area contributed by atoms with E-state index in [1.165, 1.54) is 4.90 Å². The van der Waals surface area contributed by atoms with Crippen LogP contribution < -0.4 is 5.32 Å². The number of nitriles is 2. The molecule has 5 heteroatoms. The van der Waals surface area contributed by atoms with E-state index in [-0.39, 0.29) is 19.0 Å². The summed E-state index contributed by atoms with van der Waals surface area (Å²) in [5, 5.41) is 20.5. The minimum Gasteiger partial charge on any atom is -0.317 e. The molecular weight excluding hydrogens is 204 g/mol. The van der Waals surface area contributed by atoms with E-state index in [1.807, 2.05) is 19.1 Å². The molecule has 0 bridgehead atoms. The quantitative estimate of drug-likeness (QED) is 0.691. The van der Waals surface area contributed by atoms with Crippen molar-refractivity contribution in [3.8, 4) is 12.1 Å². The fraction of sp³-hybridized carbons (Fsp3) is 0.727. The van der Waals surface area contributed by atoms with Crippen molar-refractivity contribution >= 4 is 5.91 Å². The number of hydrogen-bond acceptors (Lipinski definition) is 4. The molecule has 5 nitrogen and oxygen atoms in total. The molecule has 1 saturated heterocycles. The molecule has 1 heterocycles. The third-order valence-corrected chi connectivity index (χ3v) is 3.03. The number of rotatable bonds is 3. The molecule has 0 aromatic carbocycles. The van der Waals surface area contributed by atoms with Crippen LogP contribution in [-0.4, -0.2) is 37.0 Å². The van der Waals surface area contributed by atoms with Crippen LogP contribution in [0.5, 0.6) is 0 Å². The van der Waals surface area contributed by atoms with Crippen LogP contribution in [-0.2, 0) is 4.79 Å². The van der Waals surface area contributed by atoms with E-state index < -0.39 is 5.41 Å². The molecule has 16 heavy (non-hydrogen) atoms. The highest BCUT2D eigenvalue weighted by Crippen LogP contribution is 2.30. The predicted octanol–water partition coefficient (Wildman–Crippen LogP) is 0.252. The third-order valence-electron chi connectivity index (χ3n) is 3.03. The smallest absolute Gasteiger partial charge is 0.230 e. The lowest BCUT2D eigenvalue weighted by atomic mass is 9.79. The Morgan fingerprint density at radius 1 is 1.31 bits per heavy atom. The molecular formula is C11H16N4O. The Kier molecular flexibility index (Phi) is 4.28. The van der Waals surface area contributed by atoms with Gasteiger partial charge in [-0.25, -0.2) is 0 Å². The molecule has 0 unspecified atom stereocenters. The zero-order valence-corrected chi connectivity index (χ0v) is 9.49. The lowest BCUT2D eigenvalue weighted by molar-refractivity contribution is -0.141. The molecule has 0 aromatic rings. The first-order valence-electron chi connectivity index (χ1n) is 5.38.